The molecule has 0 saturated carbocycles. The van der Waals surface area contributed by atoms with Crippen molar-refractivity contribution in [2.75, 3.05) is 34.5 Å². The normalized spacial score (nSPS) is 35.2. The number of carboxylic acids is 1. The Hall–Kier alpha value is -3.13. The number of benzene rings is 2. The van der Waals surface area contributed by atoms with E-state index in [1.807, 2.05) is 24.3 Å². The van der Waals surface area contributed by atoms with Gasteiger partial charge in [0, 0.05) is 11.8 Å². The average molecular weight is 563 g/mol. The Morgan fingerprint density at radius 1 is 0.800 bits per heavy atom. The van der Waals surface area contributed by atoms with E-state index < -0.39 is 36.2 Å². The van der Waals surface area contributed by atoms with Gasteiger partial charge in [-0.05, 0) is 42.3 Å². The molecule has 40 heavy (non-hydrogen) atoms. The lowest BCUT2D eigenvalue weighted by Crippen LogP contribution is -2.67. The van der Waals surface area contributed by atoms with E-state index in [0.717, 1.165) is 18.1 Å². The van der Waals surface area contributed by atoms with Crippen LogP contribution in [0.25, 0.3) is 0 Å². The van der Waals surface area contributed by atoms with E-state index in [1.165, 1.54) is 7.11 Å². The van der Waals surface area contributed by atoms with Crippen molar-refractivity contribution >= 4 is 5.97 Å². The Labute approximate surface area is 230 Å². The van der Waals surface area contributed by atoms with Crippen LogP contribution in [-0.4, -0.2) is 91.1 Å². The topological polar surface area (TPSA) is 163 Å². The summed E-state index contributed by atoms with van der Waals surface area (Å²) in [7, 11) is 4.60. The van der Waals surface area contributed by atoms with Crippen LogP contribution in [0.4, 0.5) is 0 Å². The molecule has 2 aromatic carbocycles. The highest BCUT2D eigenvalue weighted by Gasteiger charge is 2.56. The summed E-state index contributed by atoms with van der Waals surface area (Å²) in [6, 6.07) is 10.9. The monoisotopic (exact) mass is 562 g/mol. The maximum Gasteiger partial charge on any atom is 0.338 e. The van der Waals surface area contributed by atoms with Crippen LogP contribution in [-0.2, 0) is 19.0 Å². The fraction of sp³-hybridized carbons (Fsp3) is 0.536. The fourth-order valence-corrected chi connectivity index (χ4v) is 5.68. The fourth-order valence-electron chi connectivity index (χ4n) is 5.68. The molecular weight excluding hydrogens is 528 g/mol. The second kappa shape index (κ2) is 11.0. The van der Waals surface area contributed by atoms with Crippen LogP contribution in [0.1, 0.15) is 30.3 Å². The number of carboxylic acid groups (broad SMARTS) is 1. The average Bonchev–Trinajstić information content (AvgIpc) is 3.57. The number of fused-ring (bicyclic) bond motifs is 1. The van der Waals surface area contributed by atoms with Crippen molar-refractivity contribution in [1.82, 2.24) is 0 Å². The van der Waals surface area contributed by atoms with E-state index in [0.29, 0.717) is 24.7 Å². The highest BCUT2D eigenvalue weighted by molar-refractivity contribution is 5.78. The van der Waals surface area contributed by atoms with E-state index >= 15 is 0 Å². The van der Waals surface area contributed by atoms with Crippen LogP contribution >= 0.6 is 0 Å². The summed E-state index contributed by atoms with van der Waals surface area (Å²) in [5.74, 6) is 0.263. The maximum atomic E-state index is 11.8. The van der Waals surface area contributed by atoms with E-state index in [2.05, 4.69) is 0 Å². The minimum Gasteiger partial charge on any atom is -0.493 e. The van der Waals surface area contributed by atoms with Crippen LogP contribution in [0.3, 0.4) is 0 Å². The first-order valence-corrected chi connectivity index (χ1v) is 12.9. The summed E-state index contributed by atoms with van der Waals surface area (Å²) >= 11 is 0. The molecule has 3 aliphatic heterocycles. The molecule has 0 spiro atoms. The number of aliphatic carboxylic acids is 1. The molecule has 0 bridgehead atoms. The summed E-state index contributed by atoms with van der Waals surface area (Å²) in [4.78, 5) is 11.8. The lowest BCUT2D eigenvalue weighted by molar-refractivity contribution is -0.302. The number of rotatable bonds is 8. The SMILES string of the molecule is COc1ccc([C@H]2OCC3C2CO[C@H]3c2ccc(OC)c(OC3O[C@@](C)(C(=O)O)[C@H](O)[C@@H](O)[C@@H]3O)c2)cc1OC. The minimum absolute atomic E-state index is 0.0307. The number of methoxy groups -OCH3 is 3. The Morgan fingerprint density at radius 3 is 1.80 bits per heavy atom. The highest BCUT2D eigenvalue weighted by atomic mass is 16.7. The summed E-state index contributed by atoms with van der Waals surface area (Å²) in [5.41, 5.74) is -0.499. The van der Waals surface area contributed by atoms with Crippen molar-refractivity contribution < 1.29 is 58.4 Å². The molecule has 9 atom stereocenters. The number of hydrogen-bond acceptors (Lipinski definition) is 11. The van der Waals surface area contributed by atoms with Crippen LogP contribution < -0.4 is 18.9 Å². The van der Waals surface area contributed by atoms with Gasteiger partial charge in [0.25, 0.3) is 0 Å². The molecule has 0 amide bonds. The molecule has 3 fully saturated rings. The Morgan fingerprint density at radius 2 is 1.30 bits per heavy atom. The molecule has 2 aromatic rings. The lowest BCUT2D eigenvalue weighted by atomic mass is 9.85. The minimum atomic E-state index is -2.21. The molecular formula is C28H34O12. The molecule has 3 saturated heterocycles. The first-order valence-electron chi connectivity index (χ1n) is 12.9. The van der Waals surface area contributed by atoms with Gasteiger partial charge in [0.2, 0.25) is 6.29 Å². The predicted octanol–water partition coefficient (Wildman–Crippen LogP) is 1.45. The first-order chi connectivity index (χ1) is 19.1. The smallest absolute Gasteiger partial charge is 0.338 e. The van der Waals surface area contributed by atoms with Crippen LogP contribution in [0.5, 0.6) is 23.0 Å². The summed E-state index contributed by atoms with van der Waals surface area (Å²) in [5, 5.41) is 40.6. The van der Waals surface area contributed by atoms with Crippen molar-refractivity contribution in [3.63, 3.8) is 0 Å². The zero-order valence-corrected chi connectivity index (χ0v) is 22.6. The number of aliphatic hydroxyl groups is 3. The molecule has 218 valence electrons. The molecule has 4 N–H and O–H groups in total. The molecule has 0 aromatic heterocycles. The zero-order chi connectivity index (χ0) is 28.8. The van der Waals surface area contributed by atoms with Crippen molar-refractivity contribution in [1.29, 1.82) is 0 Å². The summed E-state index contributed by atoms with van der Waals surface area (Å²) in [6.07, 6.45) is -7.57. The van der Waals surface area contributed by atoms with Crippen LogP contribution in [0.15, 0.2) is 36.4 Å². The third-order valence-electron chi connectivity index (χ3n) is 8.06. The van der Waals surface area contributed by atoms with Crippen LogP contribution in [0, 0.1) is 11.8 Å². The number of aliphatic hydroxyl groups excluding tert-OH is 3. The molecule has 3 heterocycles. The third kappa shape index (κ3) is 4.74. The van der Waals surface area contributed by atoms with Crippen molar-refractivity contribution in [2.24, 2.45) is 11.8 Å². The van der Waals surface area contributed by atoms with Gasteiger partial charge < -0.3 is 53.6 Å². The number of hydrogen-bond donors (Lipinski definition) is 4. The highest BCUT2D eigenvalue weighted by Crippen LogP contribution is 2.51. The summed E-state index contributed by atoms with van der Waals surface area (Å²) < 4.78 is 40.0. The van der Waals surface area contributed by atoms with Gasteiger partial charge >= 0.3 is 5.97 Å². The number of carbonyl (C=O) groups is 1. The Bertz CT molecular complexity index is 1240. The Kier molecular flexibility index (Phi) is 7.83. The molecule has 0 radical (unpaired) electrons. The van der Waals surface area contributed by atoms with Gasteiger partial charge in [-0.25, -0.2) is 4.79 Å². The second-order valence-corrected chi connectivity index (χ2v) is 10.3. The van der Waals surface area contributed by atoms with Gasteiger partial charge in [-0.2, -0.15) is 0 Å². The Balaban J connectivity index is 1.37. The largest absolute Gasteiger partial charge is 0.493 e. The standard InChI is InChI=1S/C28H34O12/c1-28(27(32)33)25(31)21(29)22(30)26(40-28)39-20-10-14(6-8-18(20)35-3)24-16-12-37-23(15(16)11-38-24)13-5-7-17(34-2)19(9-13)36-4/h5-10,15-16,21-26,29-31H,11-12H2,1-4H3,(H,32,33)/t15?,16?,21-,22-,23+,24-,25+,26?,28+/m0/s1. The first kappa shape index (κ1) is 28.4. The van der Waals surface area contributed by atoms with Gasteiger partial charge in [-0.3, -0.25) is 0 Å². The second-order valence-electron chi connectivity index (χ2n) is 10.3. The number of ether oxygens (including phenoxy) is 7. The van der Waals surface area contributed by atoms with E-state index in [4.69, 9.17) is 33.2 Å². The van der Waals surface area contributed by atoms with E-state index in [1.54, 1.807) is 26.4 Å². The van der Waals surface area contributed by atoms with Crippen molar-refractivity contribution in [2.45, 2.75) is 49.3 Å². The molecule has 5 rings (SSSR count). The van der Waals surface area contributed by atoms with E-state index in [9.17, 15) is 25.2 Å². The molecule has 12 nitrogen and oxygen atoms in total. The molecule has 0 aliphatic carbocycles. The molecule has 12 heteroatoms. The predicted molar refractivity (Wildman–Crippen MR) is 136 cm³/mol. The quantitative estimate of drug-likeness (QED) is 0.367. The summed E-state index contributed by atoms with van der Waals surface area (Å²) in [6.45, 7) is 2.02. The third-order valence-corrected chi connectivity index (χ3v) is 8.06. The van der Waals surface area contributed by atoms with Crippen molar-refractivity contribution in [3.8, 4) is 23.0 Å². The van der Waals surface area contributed by atoms with Gasteiger partial charge in [0.1, 0.15) is 18.3 Å². The lowest BCUT2D eigenvalue weighted by Gasteiger charge is -2.44. The van der Waals surface area contributed by atoms with Crippen molar-refractivity contribution in [3.05, 3.63) is 47.5 Å². The van der Waals surface area contributed by atoms with E-state index in [-0.39, 0.29) is 35.5 Å². The van der Waals surface area contributed by atoms with Gasteiger partial charge in [0.05, 0.1) is 46.8 Å². The van der Waals surface area contributed by atoms with Gasteiger partial charge in [-0.1, -0.05) is 12.1 Å². The van der Waals surface area contributed by atoms with Crippen LogP contribution in [0.2, 0.25) is 0 Å². The maximum absolute atomic E-state index is 11.8. The van der Waals surface area contributed by atoms with Gasteiger partial charge in [0.15, 0.2) is 28.6 Å². The van der Waals surface area contributed by atoms with Gasteiger partial charge in [-0.15, -0.1) is 0 Å². The molecule has 3 unspecified atom stereocenters. The molecule has 3 aliphatic rings. The zero-order valence-electron chi connectivity index (χ0n) is 22.6.